The molecule has 2 heterocycles. The van der Waals surface area contributed by atoms with E-state index in [0.29, 0.717) is 5.75 Å². The van der Waals surface area contributed by atoms with Crippen molar-refractivity contribution in [3.8, 4) is 61.8 Å². The van der Waals surface area contributed by atoms with Crippen LogP contribution in [0.4, 0.5) is 22.7 Å². The highest BCUT2D eigenvalue weighted by atomic mass is 16.5. The monoisotopic (exact) mass is 1170 g/mol. The summed E-state index contributed by atoms with van der Waals surface area (Å²) in [7, 11) is 0. The second-order valence-electron chi connectivity index (χ2n) is 27.8. The van der Waals surface area contributed by atoms with Crippen molar-refractivity contribution < 1.29 is 4.74 Å². The molecule has 5 heteroatoms. The van der Waals surface area contributed by atoms with Crippen molar-refractivity contribution in [2.24, 2.45) is 0 Å². The summed E-state index contributed by atoms with van der Waals surface area (Å²) in [6.07, 6.45) is 2.90. The molecule has 11 aromatic carbocycles. The first-order valence-corrected chi connectivity index (χ1v) is 31.7. The Morgan fingerprint density at radius 3 is 1.62 bits per heavy atom. The summed E-state index contributed by atoms with van der Waals surface area (Å²) < 4.78 is 9.06. The maximum atomic E-state index is 6.82. The van der Waals surface area contributed by atoms with E-state index in [-0.39, 0.29) is 16.2 Å². The lowest BCUT2D eigenvalue weighted by atomic mass is 9.61. The van der Waals surface area contributed by atoms with Crippen LogP contribution in [0.5, 0.6) is 11.5 Å². The van der Waals surface area contributed by atoms with Crippen LogP contribution >= 0.6 is 0 Å². The molecule has 2 aromatic heterocycles. The molecule has 13 aromatic rings. The third kappa shape index (κ3) is 9.75. The topological polar surface area (TPSA) is 51.1 Å². The lowest BCUT2D eigenvalue weighted by molar-refractivity contribution is 0.483. The van der Waals surface area contributed by atoms with Crippen molar-refractivity contribution in [3.63, 3.8) is 0 Å². The van der Waals surface area contributed by atoms with Gasteiger partial charge in [0, 0.05) is 51.5 Å². The van der Waals surface area contributed by atoms with E-state index in [4.69, 9.17) is 9.72 Å². The van der Waals surface area contributed by atoms with Crippen molar-refractivity contribution in [1.82, 2.24) is 9.55 Å². The average molecular weight is 1170 g/mol. The van der Waals surface area contributed by atoms with E-state index in [0.717, 1.165) is 90.4 Å². The Balaban J connectivity index is 0.796. The van der Waals surface area contributed by atoms with Crippen molar-refractivity contribution in [2.75, 3.05) is 10.6 Å². The molecule has 440 valence electrons. The highest BCUT2D eigenvalue weighted by Crippen LogP contribution is 2.60. The molecule has 0 saturated heterocycles. The Hall–Kier alpha value is -10.2. The predicted molar refractivity (Wildman–Crippen MR) is 377 cm³/mol. The number of nitrogens with one attached hydrogen (secondary N) is 2. The fourth-order valence-corrected chi connectivity index (χ4v) is 14.2. The third-order valence-electron chi connectivity index (χ3n) is 18.9. The zero-order chi connectivity index (χ0) is 61.7. The number of benzene rings is 11. The number of ether oxygens (including phenoxy) is 1. The van der Waals surface area contributed by atoms with Gasteiger partial charge in [0.1, 0.15) is 17.3 Å². The lowest BCUT2D eigenvalue weighted by Crippen LogP contribution is -2.34. The minimum absolute atomic E-state index is 0.0760. The van der Waals surface area contributed by atoms with Crippen LogP contribution in [0.25, 0.3) is 72.1 Å². The van der Waals surface area contributed by atoms with Gasteiger partial charge in [0.2, 0.25) is 0 Å². The number of hydrogen-bond acceptors (Lipinski definition) is 4. The summed E-state index contributed by atoms with van der Waals surface area (Å²) in [5.41, 5.74) is 26.9. The standard InChI is InChI=1S/C85H74N4O/c1-82(2,3)60-40-36-54(37-41-60)58-39-45-80(86-53-58)89-78-35-19-13-27-69(78)70-43-42-65(52-79(70)89)90-64-25-20-24-63(51-64)87-76-33-17-18-34-77(76)88-81-66(28-21-29-67(81)59-47-61(83(4,5)6)50-62(48-59)84(7,8)9)55-38-44-75-71(49-55)68-26-12-16-32-74(68)85(75)72-30-14-10-22-56(72)46-57-23-11-15-31-73(57)85/h10-45,47-53,87-88H,46H2,1-9H3. The van der Waals surface area contributed by atoms with Crippen molar-refractivity contribution >= 4 is 44.6 Å². The Bertz CT molecular complexity index is 4870. The number of rotatable bonds is 10. The molecule has 0 aliphatic heterocycles. The van der Waals surface area contributed by atoms with Crippen molar-refractivity contribution in [1.29, 1.82) is 0 Å². The molecule has 0 bridgehead atoms. The SMILES string of the molecule is CC(C)(C)c1ccc(-c2ccc(-n3c4ccccc4c4ccc(Oc5cccc(Nc6ccccc6Nc6c(-c7cc(C(C)(C)C)cc(C(C)(C)C)c7)cccc6-c6ccc7c(c6)-c6ccccc6C76c7ccccc7Cc7ccccc76)c5)cc43)nc2)cc1. The predicted octanol–water partition coefficient (Wildman–Crippen LogP) is 22.6. The second kappa shape index (κ2) is 21.5. The van der Waals surface area contributed by atoms with Gasteiger partial charge < -0.3 is 15.4 Å². The summed E-state index contributed by atoms with van der Waals surface area (Å²) in [6, 6.07) is 93.6. The molecule has 2 aliphatic rings. The number of pyridine rings is 1. The van der Waals surface area contributed by atoms with Gasteiger partial charge >= 0.3 is 0 Å². The van der Waals surface area contributed by atoms with Gasteiger partial charge in [-0.25, -0.2) is 4.98 Å². The van der Waals surface area contributed by atoms with Gasteiger partial charge in [-0.15, -0.1) is 0 Å². The second-order valence-corrected chi connectivity index (χ2v) is 27.8. The first-order chi connectivity index (χ1) is 43.5. The maximum absolute atomic E-state index is 6.82. The summed E-state index contributed by atoms with van der Waals surface area (Å²) in [6.45, 7) is 20.7. The molecular formula is C85H74N4O. The van der Waals surface area contributed by atoms with Gasteiger partial charge in [0.05, 0.1) is 33.5 Å². The average Bonchev–Trinajstić information content (AvgIpc) is 1.48. The molecule has 2 N–H and O–H groups in total. The number of anilines is 4. The van der Waals surface area contributed by atoms with E-state index >= 15 is 0 Å². The molecule has 0 radical (unpaired) electrons. The van der Waals surface area contributed by atoms with Gasteiger partial charge in [-0.3, -0.25) is 4.57 Å². The molecule has 0 saturated carbocycles. The molecule has 0 atom stereocenters. The van der Waals surface area contributed by atoms with Gasteiger partial charge in [0.25, 0.3) is 0 Å². The summed E-state index contributed by atoms with van der Waals surface area (Å²) in [5.74, 6) is 2.29. The Kier molecular flexibility index (Phi) is 13.5. The summed E-state index contributed by atoms with van der Waals surface area (Å²) in [4.78, 5) is 5.09. The van der Waals surface area contributed by atoms with Crippen LogP contribution in [-0.2, 0) is 28.1 Å². The van der Waals surface area contributed by atoms with Gasteiger partial charge in [-0.05, 0) is 161 Å². The lowest BCUT2D eigenvalue weighted by Gasteiger charge is -2.40. The fourth-order valence-electron chi connectivity index (χ4n) is 14.2. The Morgan fingerprint density at radius 2 is 0.933 bits per heavy atom. The van der Waals surface area contributed by atoms with Crippen molar-refractivity contribution in [3.05, 3.63) is 311 Å². The van der Waals surface area contributed by atoms with Gasteiger partial charge in [0.15, 0.2) is 0 Å². The first-order valence-electron chi connectivity index (χ1n) is 31.7. The van der Waals surface area contributed by atoms with E-state index in [2.05, 4.69) is 326 Å². The summed E-state index contributed by atoms with van der Waals surface area (Å²) in [5, 5.41) is 10.3. The van der Waals surface area contributed by atoms with Crippen molar-refractivity contribution in [2.45, 2.75) is 90.4 Å². The zero-order valence-electron chi connectivity index (χ0n) is 52.8. The van der Waals surface area contributed by atoms with E-state index in [1.165, 1.54) is 66.8 Å². The molecular weight excluding hydrogens is 1090 g/mol. The van der Waals surface area contributed by atoms with Gasteiger partial charge in [-0.1, -0.05) is 244 Å². The number of aromatic nitrogens is 2. The normalized spacial score (nSPS) is 13.2. The highest BCUT2D eigenvalue weighted by Gasteiger charge is 2.49. The number of nitrogens with zero attached hydrogens (tertiary/aromatic N) is 2. The summed E-state index contributed by atoms with van der Waals surface area (Å²) >= 11 is 0. The smallest absolute Gasteiger partial charge is 0.137 e. The third-order valence-corrected chi connectivity index (χ3v) is 18.9. The largest absolute Gasteiger partial charge is 0.457 e. The Labute approximate surface area is 529 Å². The molecule has 0 fully saturated rings. The van der Waals surface area contributed by atoms with Gasteiger partial charge in [-0.2, -0.15) is 0 Å². The van der Waals surface area contributed by atoms with Crippen LogP contribution in [0.2, 0.25) is 0 Å². The molecule has 90 heavy (non-hydrogen) atoms. The molecule has 15 rings (SSSR count). The highest BCUT2D eigenvalue weighted by molar-refractivity contribution is 6.09. The van der Waals surface area contributed by atoms with E-state index in [1.54, 1.807) is 0 Å². The van der Waals surface area contributed by atoms with E-state index in [1.807, 2.05) is 12.3 Å². The molecule has 2 aliphatic carbocycles. The number of hydrogen-bond donors (Lipinski definition) is 2. The zero-order valence-corrected chi connectivity index (χ0v) is 52.8. The maximum Gasteiger partial charge on any atom is 0.137 e. The van der Waals surface area contributed by atoms with E-state index < -0.39 is 5.41 Å². The molecule has 1 spiro atoms. The van der Waals surface area contributed by atoms with Crippen LogP contribution in [0.1, 0.15) is 112 Å². The Morgan fingerprint density at radius 1 is 0.378 bits per heavy atom. The number of fused-ring (bicyclic) bond motifs is 12. The van der Waals surface area contributed by atoms with Crippen LogP contribution < -0.4 is 15.4 Å². The molecule has 0 unspecified atom stereocenters. The van der Waals surface area contributed by atoms with Crippen LogP contribution in [0.15, 0.2) is 261 Å². The van der Waals surface area contributed by atoms with Crippen LogP contribution in [-0.4, -0.2) is 9.55 Å². The number of para-hydroxylation sites is 4. The minimum atomic E-state index is -0.441. The van der Waals surface area contributed by atoms with Crippen LogP contribution in [0, 0.1) is 0 Å². The quantitative estimate of drug-likeness (QED) is 0.143. The first kappa shape index (κ1) is 56.3. The fraction of sp³-hybridized carbons (Fsp3) is 0.165. The molecule has 5 nitrogen and oxygen atoms in total. The van der Waals surface area contributed by atoms with E-state index in [9.17, 15) is 0 Å². The minimum Gasteiger partial charge on any atom is -0.457 e. The van der Waals surface area contributed by atoms with Crippen LogP contribution in [0.3, 0.4) is 0 Å². The molecule has 0 amide bonds.